The molecule has 0 radical (unpaired) electrons. The first-order chi connectivity index (χ1) is 6.39. The molecule has 0 heterocycles. The molecule has 14 heavy (non-hydrogen) atoms. The van der Waals surface area contributed by atoms with Crippen molar-refractivity contribution in [2.24, 2.45) is 17.1 Å². The van der Waals surface area contributed by atoms with Gasteiger partial charge in [-0.3, -0.25) is 4.79 Å². The largest absolute Gasteiger partial charge is 0.328 e. The van der Waals surface area contributed by atoms with Gasteiger partial charge in [-0.1, -0.05) is 20.8 Å². The van der Waals surface area contributed by atoms with E-state index < -0.39 is 0 Å². The minimum atomic E-state index is -0.167. The summed E-state index contributed by atoms with van der Waals surface area (Å²) in [6, 6.07) is 0.385. The number of nitrogens with two attached hydrogens (primary N) is 1. The van der Waals surface area contributed by atoms with Gasteiger partial charge in [0.15, 0.2) is 0 Å². The van der Waals surface area contributed by atoms with E-state index in [4.69, 9.17) is 5.73 Å². The molecule has 2 nitrogen and oxygen atoms in total. The van der Waals surface area contributed by atoms with Crippen LogP contribution in [0.15, 0.2) is 0 Å². The fourth-order valence-electron chi connectivity index (χ4n) is 1.96. The Kier molecular flexibility index (Phi) is 3.71. The standard InChI is InChI=1S/C12H23NO/c1-12(2,3)11(14)8-9-4-6-10(13)7-5-9/h9-10H,4-8,13H2,1-3H3. The van der Waals surface area contributed by atoms with Crippen molar-refractivity contribution in [2.45, 2.75) is 58.9 Å². The number of hydrogen-bond donors (Lipinski definition) is 1. The monoisotopic (exact) mass is 197 g/mol. The first-order valence-corrected chi connectivity index (χ1v) is 5.68. The molecule has 0 bridgehead atoms. The number of ketones is 1. The number of Topliss-reactive ketones (excluding diaryl/α,β-unsaturated/α-hetero) is 1. The van der Waals surface area contributed by atoms with Gasteiger partial charge in [-0.2, -0.15) is 0 Å². The van der Waals surface area contributed by atoms with Crippen LogP contribution >= 0.6 is 0 Å². The van der Waals surface area contributed by atoms with Crippen LogP contribution in [-0.2, 0) is 4.79 Å². The van der Waals surface area contributed by atoms with Crippen LogP contribution in [0, 0.1) is 11.3 Å². The number of hydrogen-bond acceptors (Lipinski definition) is 2. The van der Waals surface area contributed by atoms with Crippen molar-refractivity contribution in [1.29, 1.82) is 0 Å². The maximum absolute atomic E-state index is 11.8. The highest BCUT2D eigenvalue weighted by Crippen LogP contribution is 2.29. The average molecular weight is 197 g/mol. The molecule has 0 atom stereocenters. The maximum Gasteiger partial charge on any atom is 0.138 e. The molecule has 1 aliphatic rings. The van der Waals surface area contributed by atoms with Gasteiger partial charge in [-0.15, -0.1) is 0 Å². The van der Waals surface area contributed by atoms with Crippen molar-refractivity contribution in [1.82, 2.24) is 0 Å². The third-order valence-electron chi connectivity index (χ3n) is 3.20. The van der Waals surface area contributed by atoms with E-state index in [-0.39, 0.29) is 5.41 Å². The highest BCUT2D eigenvalue weighted by atomic mass is 16.1. The molecule has 1 aliphatic carbocycles. The van der Waals surface area contributed by atoms with E-state index in [9.17, 15) is 4.79 Å². The van der Waals surface area contributed by atoms with Gasteiger partial charge in [0.05, 0.1) is 0 Å². The number of carbonyl (C=O) groups excluding carboxylic acids is 1. The summed E-state index contributed by atoms with van der Waals surface area (Å²) < 4.78 is 0. The Morgan fingerprint density at radius 2 is 1.71 bits per heavy atom. The zero-order valence-electron chi connectivity index (χ0n) is 9.68. The van der Waals surface area contributed by atoms with Crippen LogP contribution in [0.5, 0.6) is 0 Å². The molecule has 0 aromatic heterocycles. The van der Waals surface area contributed by atoms with Crippen molar-refractivity contribution in [3.63, 3.8) is 0 Å². The van der Waals surface area contributed by atoms with Gasteiger partial charge < -0.3 is 5.73 Å². The molecule has 0 spiro atoms. The molecule has 2 heteroatoms. The van der Waals surface area contributed by atoms with E-state index in [2.05, 4.69) is 0 Å². The van der Waals surface area contributed by atoms with Crippen molar-refractivity contribution in [3.8, 4) is 0 Å². The Labute approximate surface area is 87.2 Å². The normalized spacial score (nSPS) is 28.9. The molecule has 82 valence electrons. The fourth-order valence-corrected chi connectivity index (χ4v) is 1.96. The van der Waals surface area contributed by atoms with Gasteiger partial charge in [-0.05, 0) is 31.6 Å². The lowest BCUT2D eigenvalue weighted by atomic mass is 9.79. The van der Waals surface area contributed by atoms with E-state index in [1.165, 1.54) is 0 Å². The van der Waals surface area contributed by atoms with Crippen LogP contribution in [0.1, 0.15) is 52.9 Å². The van der Waals surface area contributed by atoms with Gasteiger partial charge in [0, 0.05) is 17.9 Å². The second-order valence-corrected chi connectivity index (χ2v) is 5.66. The Morgan fingerprint density at radius 1 is 1.21 bits per heavy atom. The molecule has 0 aliphatic heterocycles. The molecule has 0 saturated heterocycles. The number of rotatable bonds is 2. The summed E-state index contributed by atoms with van der Waals surface area (Å²) in [6.45, 7) is 6.01. The van der Waals surface area contributed by atoms with Gasteiger partial charge in [0.2, 0.25) is 0 Å². The first kappa shape index (κ1) is 11.7. The van der Waals surface area contributed by atoms with Crippen LogP contribution in [0.2, 0.25) is 0 Å². The molecule has 0 aromatic rings. The van der Waals surface area contributed by atoms with E-state index in [1.807, 2.05) is 20.8 Å². The summed E-state index contributed by atoms with van der Waals surface area (Å²) in [5.41, 5.74) is 5.66. The summed E-state index contributed by atoms with van der Waals surface area (Å²) in [5, 5.41) is 0. The third kappa shape index (κ3) is 3.41. The summed E-state index contributed by atoms with van der Waals surface area (Å²) in [5.74, 6) is 1.000. The average Bonchev–Trinajstić information content (AvgIpc) is 2.07. The molecule has 0 aromatic carbocycles. The van der Waals surface area contributed by atoms with Crippen LogP contribution < -0.4 is 5.73 Å². The van der Waals surface area contributed by atoms with E-state index in [0.717, 1.165) is 32.1 Å². The van der Waals surface area contributed by atoms with Crippen LogP contribution in [0.25, 0.3) is 0 Å². The Bertz CT molecular complexity index is 197. The Balaban J connectivity index is 2.35. The van der Waals surface area contributed by atoms with Gasteiger partial charge in [0.25, 0.3) is 0 Å². The lowest BCUT2D eigenvalue weighted by Gasteiger charge is -2.27. The lowest BCUT2D eigenvalue weighted by Crippen LogP contribution is -2.29. The van der Waals surface area contributed by atoms with Crippen molar-refractivity contribution >= 4 is 5.78 Å². The molecular formula is C12H23NO. The summed E-state index contributed by atoms with van der Waals surface area (Å²) in [6.07, 6.45) is 5.24. The maximum atomic E-state index is 11.8. The topological polar surface area (TPSA) is 43.1 Å². The van der Waals surface area contributed by atoms with Crippen molar-refractivity contribution in [2.75, 3.05) is 0 Å². The second-order valence-electron chi connectivity index (χ2n) is 5.66. The minimum absolute atomic E-state index is 0.167. The van der Waals surface area contributed by atoms with Crippen LogP contribution in [0.3, 0.4) is 0 Å². The van der Waals surface area contributed by atoms with Gasteiger partial charge >= 0.3 is 0 Å². The summed E-state index contributed by atoms with van der Waals surface area (Å²) in [4.78, 5) is 11.8. The third-order valence-corrected chi connectivity index (χ3v) is 3.20. The minimum Gasteiger partial charge on any atom is -0.328 e. The van der Waals surface area contributed by atoms with Gasteiger partial charge in [0.1, 0.15) is 5.78 Å². The van der Waals surface area contributed by atoms with Crippen molar-refractivity contribution in [3.05, 3.63) is 0 Å². The molecule has 0 amide bonds. The SMILES string of the molecule is CC(C)(C)C(=O)CC1CCC(N)CC1. The van der Waals surface area contributed by atoms with Crippen LogP contribution in [-0.4, -0.2) is 11.8 Å². The molecular weight excluding hydrogens is 174 g/mol. The van der Waals surface area contributed by atoms with Crippen LogP contribution in [0.4, 0.5) is 0 Å². The highest BCUT2D eigenvalue weighted by Gasteiger charge is 2.26. The molecule has 0 unspecified atom stereocenters. The van der Waals surface area contributed by atoms with E-state index in [0.29, 0.717) is 17.7 Å². The van der Waals surface area contributed by atoms with E-state index in [1.54, 1.807) is 0 Å². The van der Waals surface area contributed by atoms with Gasteiger partial charge in [-0.25, -0.2) is 0 Å². The predicted octanol–water partition coefficient (Wildman–Crippen LogP) is 2.51. The van der Waals surface area contributed by atoms with E-state index >= 15 is 0 Å². The fraction of sp³-hybridized carbons (Fsp3) is 0.917. The molecule has 1 fully saturated rings. The first-order valence-electron chi connectivity index (χ1n) is 5.68. The molecule has 1 rings (SSSR count). The predicted molar refractivity (Wildman–Crippen MR) is 59.0 cm³/mol. The van der Waals surface area contributed by atoms with Crippen molar-refractivity contribution < 1.29 is 4.79 Å². The zero-order valence-corrected chi connectivity index (χ0v) is 9.68. The second kappa shape index (κ2) is 4.43. The quantitative estimate of drug-likeness (QED) is 0.739. The smallest absolute Gasteiger partial charge is 0.138 e. The highest BCUT2D eigenvalue weighted by molar-refractivity contribution is 5.83. The lowest BCUT2D eigenvalue weighted by molar-refractivity contribution is -0.127. The Hall–Kier alpha value is -0.370. The molecule has 1 saturated carbocycles. The molecule has 2 N–H and O–H groups in total. The number of carbonyl (C=O) groups is 1. The zero-order chi connectivity index (χ0) is 10.8. The Morgan fingerprint density at radius 3 is 2.14 bits per heavy atom. The summed E-state index contributed by atoms with van der Waals surface area (Å²) >= 11 is 0. The summed E-state index contributed by atoms with van der Waals surface area (Å²) in [7, 11) is 0.